The summed E-state index contributed by atoms with van der Waals surface area (Å²) in [4.78, 5) is 12.4. The number of nitriles is 1. The fraction of sp³-hybridized carbons (Fsp3) is 0.448. The monoisotopic (exact) mass is 488 g/mol. The smallest absolute Gasteiger partial charge is 0.319 e. The molecule has 36 heavy (non-hydrogen) atoms. The summed E-state index contributed by atoms with van der Waals surface area (Å²) in [5.41, 5.74) is 4.35. The van der Waals surface area contributed by atoms with E-state index >= 15 is 0 Å². The summed E-state index contributed by atoms with van der Waals surface area (Å²) in [7, 11) is 0. The number of hydrogen-bond donors (Lipinski definition) is 2. The van der Waals surface area contributed by atoms with Crippen molar-refractivity contribution in [3.63, 3.8) is 0 Å². The van der Waals surface area contributed by atoms with Crippen LogP contribution in [0.1, 0.15) is 64.5 Å². The highest BCUT2D eigenvalue weighted by atomic mass is 16.5. The summed E-state index contributed by atoms with van der Waals surface area (Å²) in [6.07, 6.45) is 5.07. The minimum Gasteiger partial charge on any atom is -0.494 e. The Balaban J connectivity index is 0.00000148. The summed E-state index contributed by atoms with van der Waals surface area (Å²) in [6, 6.07) is 16.5. The van der Waals surface area contributed by atoms with Gasteiger partial charge in [-0.2, -0.15) is 5.26 Å². The number of ether oxygens (including phenoxy) is 2. The third-order valence-electron chi connectivity index (χ3n) is 6.81. The van der Waals surface area contributed by atoms with E-state index in [-0.39, 0.29) is 12.1 Å². The molecule has 7 nitrogen and oxygen atoms in total. The molecule has 2 N–H and O–H groups in total. The van der Waals surface area contributed by atoms with Crippen LogP contribution < -0.4 is 15.4 Å². The van der Waals surface area contributed by atoms with Crippen molar-refractivity contribution in [2.75, 3.05) is 25.1 Å². The normalized spacial score (nSPS) is 15.8. The lowest BCUT2D eigenvalue weighted by molar-refractivity contribution is 0.0806. The molecule has 0 radical (unpaired) electrons. The second-order valence-electron chi connectivity index (χ2n) is 8.96. The predicted octanol–water partition coefficient (Wildman–Crippen LogP) is 6.63. The Hall–Kier alpha value is -3.50. The summed E-state index contributed by atoms with van der Waals surface area (Å²) < 4.78 is 13.4. The molecular formula is C29H36N4O3. The van der Waals surface area contributed by atoms with Gasteiger partial charge >= 0.3 is 6.03 Å². The number of amides is 2. The van der Waals surface area contributed by atoms with Crippen molar-refractivity contribution >= 4 is 22.6 Å². The molecular weight excluding hydrogens is 452 g/mol. The van der Waals surface area contributed by atoms with Crippen molar-refractivity contribution in [1.82, 2.24) is 9.88 Å². The van der Waals surface area contributed by atoms with Crippen molar-refractivity contribution < 1.29 is 14.3 Å². The van der Waals surface area contributed by atoms with Gasteiger partial charge in [0.2, 0.25) is 0 Å². The predicted molar refractivity (Wildman–Crippen MR) is 143 cm³/mol. The van der Waals surface area contributed by atoms with Crippen LogP contribution >= 0.6 is 0 Å². The highest BCUT2D eigenvalue weighted by Gasteiger charge is 2.28. The van der Waals surface area contributed by atoms with Gasteiger partial charge < -0.3 is 24.7 Å². The highest BCUT2D eigenvalue weighted by molar-refractivity contribution is 5.96. The van der Waals surface area contributed by atoms with Crippen LogP contribution in [0.3, 0.4) is 0 Å². The van der Waals surface area contributed by atoms with Gasteiger partial charge in [-0.1, -0.05) is 26.0 Å². The third-order valence-corrected chi connectivity index (χ3v) is 6.81. The molecule has 0 unspecified atom stereocenters. The number of urea groups is 1. The van der Waals surface area contributed by atoms with Crippen LogP contribution in [0.4, 0.5) is 10.5 Å². The molecule has 2 heterocycles. The van der Waals surface area contributed by atoms with Gasteiger partial charge in [-0.15, -0.1) is 0 Å². The first kappa shape index (κ1) is 25.6. The average Bonchev–Trinajstić information content (AvgIpc) is 3.19. The van der Waals surface area contributed by atoms with E-state index in [0.717, 1.165) is 59.3 Å². The number of hydrogen-bond acceptors (Lipinski definition) is 4. The molecule has 3 aromatic rings. The maximum atomic E-state index is 12.4. The highest BCUT2D eigenvalue weighted by Crippen LogP contribution is 2.43. The van der Waals surface area contributed by atoms with Crippen LogP contribution in [0, 0.1) is 11.3 Å². The van der Waals surface area contributed by atoms with Gasteiger partial charge in [-0.25, -0.2) is 4.79 Å². The van der Waals surface area contributed by atoms with E-state index in [2.05, 4.69) is 27.3 Å². The second-order valence-corrected chi connectivity index (χ2v) is 8.96. The third kappa shape index (κ3) is 5.34. The molecule has 2 aliphatic rings. The van der Waals surface area contributed by atoms with Crippen LogP contribution in [0.5, 0.6) is 5.75 Å². The maximum absolute atomic E-state index is 12.4. The quantitative estimate of drug-likeness (QED) is 0.408. The molecule has 1 aromatic heterocycles. The molecule has 1 saturated carbocycles. The van der Waals surface area contributed by atoms with Gasteiger partial charge in [0, 0.05) is 42.4 Å². The number of nitrogens with zero attached hydrogens (tertiary/aromatic N) is 2. The van der Waals surface area contributed by atoms with Gasteiger partial charge in [-0.05, 0) is 68.9 Å². The van der Waals surface area contributed by atoms with E-state index in [1.807, 2.05) is 57.2 Å². The molecule has 2 fully saturated rings. The van der Waals surface area contributed by atoms with Gasteiger partial charge in [0.1, 0.15) is 11.8 Å². The van der Waals surface area contributed by atoms with E-state index in [0.29, 0.717) is 31.4 Å². The van der Waals surface area contributed by atoms with Gasteiger partial charge in [0.05, 0.1) is 23.4 Å². The maximum Gasteiger partial charge on any atom is 0.319 e. The molecule has 1 aliphatic heterocycles. The van der Waals surface area contributed by atoms with Crippen LogP contribution in [0.2, 0.25) is 0 Å². The summed E-state index contributed by atoms with van der Waals surface area (Å²) >= 11 is 0. The minimum absolute atomic E-state index is 0.144. The Bertz CT molecular complexity index is 1220. The Morgan fingerprint density at radius 3 is 2.44 bits per heavy atom. The van der Waals surface area contributed by atoms with Crippen LogP contribution in [-0.2, 0) is 4.74 Å². The fourth-order valence-corrected chi connectivity index (χ4v) is 4.87. The molecule has 1 aliphatic carbocycles. The Kier molecular flexibility index (Phi) is 8.50. The van der Waals surface area contributed by atoms with Gasteiger partial charge in [0.25, 0.3) is 0 Å². The van der Waals surface area contributed by atoms with Gasteiger partial charge in [-0.3, -0.25) is 0 Å². The Morgan fingerprint density at radius 2 is 1.83 bits per heavy atom. The molecule has 1 saturated heterocycles. The lowest BCUT2D eigenvalue weighted by Gasteiger charge is -2.30. The average molecular weight is 489 g/mol. The van der Waals surface area contributed by atoms with E-state index in [1.165, 1.54) is 6.42 Å². The number of anilines is 1. The van der Waals surface area contributed by atoms with E-state index in [1.54, 1.807) is 0 Å². The first-order valence-electron chi connectivity index (χ1n) is 13.1. The zero-order valence-corrected chi connectivity index (χ0v) is 21.5. The Labute approximate surface area is 213 Å². The van der Waals surface area contributed by atoms with Crippen molar-refractivity contribution in [3.8, 4) is 23.1 Å². The largest absolute Gasteiger partial charge is 0.494 e. The summed E-state index contributed by atoms with van der Waals surface area (Å²) in [5.74, 6) is 0.819. The van der Waals surface area contributed by atoms with E-state index in [9.17, 15) is 10.1 Å². The van der Waals surface area contributed by atoms with E-state index < -0.39 is 0 Å². The zero-order valence-electron chi connectivity index (χ0n) is 21.5. The van der Waals surface area contributed by atoms with Crippen molar-refractivity contribution in [1.29, 1.82) is 5.26 Å². The molecule has 2 amide bonds. The topological polar surface area (TPSA) is 88.3 Å². The molecule has 0 spiro atoms. The second kappa shape index (κ2) is 12.0. The number of rotatable bonds is 6. The molecule has 190 valence electrons. The number of fused-ring (bicyclic) bond motifs is 1. The molecule has 5 rings (SSSR count). The van der Waals surface area contributed by atoms with Crippen molar-refractivity contribution in [3.05, 3.63) is 48.0 Å². The minimum atomic E-state index is -0.204. The SMILES string of the molecule is CC.CCOc1ccc2c(C#N)c(-c3ccc(NC(=O)NC4CCOCC4)cc3)n(C3CCC3)c2c1. The Morgan fingerprint density at radius 1 is 1.11 bits per heavy atom. The first-order chi connectivity index (χ1) is 17.7. The van der Waals surface area contributed by atoms with Crippen LogP contribution in [-0.4, -0.2) is 36.5 Å². The molecule has 0 bridgehead atoms. The zero-order chi connectivity index (χ0) is 25.5. The molecule has 2 aromatic carbocycles. The summed E-state index contributed by atoms with van der Waals surface area (Å²) in [6.45, 7) is 7.94. The number of carbonyl (C=O) groups is 1. The lowest BCUT2D eigenvalue weighted by Crippen LogP contribution is -2.41. The van der Waals surface area contributed by atoms with Crippen molar-refractivity contribution in [2.24, 2.45) is 0 Å². The summed E-state index contributed by atoms with van der Waals surface area (Å²) in [5, 5.41) is 17.0. The standard InChI is InChI=1S/C27H30N4O3.C2H6/c1-2-34-22-10-11-23-24(17-28)26(31(25(23)16-22)21-4-3-5-21)18-6-8-19(9-7-18)29-27(32)30-20-12-14-33-15-13-20;1-2/h6-11,16,20-21H,2-5,12-15H2,1H3,(H2,29,30,32);1-2H3. The molecule has 0 atom stereocenters. The number of aromatic nitrogens is 1. The molecule has 7 heteroatoms. The number of benzene rings is 2. The first-order valence-corrected chi connectivity index (χ1v) is 13.1. The number of nitrogens with one attached hydrogen (secondary N) is 2. The van der Waals surface area contributed by atoms with Crippen LogP contribution in [0.15, 0.2) is 42.5 Å². The van der Waals surface area contributed by atoms with E-state index in [4.69, 9.17) is 9.47 Å². The number of carbonyl (C=O) groups excluding carboxylic acids is 1. The fourth-order valence-electron chi connectivity index (χ4n) is 4.87. The van der Waals surface area contributed by atoms with Crippen LogP contribution in [0.25, 0.3) is 22.2 Å². The van der Waals surface area contributed by atoms with Crippen molar-refractivity contribution in [2.45, 2.75) is 65.0 Å². The lowest BCUT2D eigenvalue weighted by atomic mass is 9.92. The van der Waals surface area contributed by atoms with Gasteiger partial charge in [0.15, 0.2) is 0 Å².